The van der Waals surface area contributed by atoms with Crippen LogP contribution >= 0.6 is 11.3 Å². The van der Waals surface area contributed by atoms with E-state index in [-0.39, 0.29) is 10.7 Å². The molecule has 0 amide bonds. The van der Waals surface area contributed by atoms with Crippen molar-refractivity contribution in [2.75, 3.05) is 7.11 Å². The van der Waals surface area contributed by atoms with E-state index in [0.717, 1.165) is 22.6 Å². The number of amidine groups is 1. The van der Waals surface area contributed by atoms with Crippen molar-refractivity contribution in [1.82, 2.24) is 10.3 Å². The molecule has 7 nitrogen and oxygen atoms in total. The smallest absolute Gasteiger partial charge is 0.304 e. The van der Waals surface area contributed by atoms with Gasteiger partial charge in [-0.2, -0.15) is 0 Å². The molecule has 2 rings (SSSR count). The molecule has 21 heavy (non-hydrogen) atoms. The number of oxime groups is 1. The minimum Gasteiger partial charge on any atom is -0.496 e. The zero-order valence-electron chi connectivity index (χ0n) is 11.4. The molecule has 0 saturated heterocycles. The number of nitrogens with one attached hydrogen (secondary N) is 2. The van der Waals surface area contributed by atoms with Gasteiger partial charge in [-0.05, 0) is 17.7 Å². The summed E-state index contributed by atoms with van der Waals surface area (Å²) in [5.74, 6) is 0.538. The predicted octanol–water partition coefficient (Wildman–Crippen LogP) is 0.829. The van der Waals surface area contributed by atoms with Crippen LogP contribution in [0.1, 0.15) is 16.8 Å². The zero-order chi connectivity index (χ0) is 15.2. The van der Waals surface area contributed by atoms with Crippen LogP contribution in [0.3, 0.4) is 0 Å². The molecule has 0 fully saturated rings. The monoisotopic (exact) mass is 308 g/mol. The predicted molar refractivity (Wildman–Crippen MR) is 81.0 cm³/mol. The Bertz CT molecular complexity index is 693. The molecule has 0 unspecified atom stereocenters. The summed E-state index contributed by atoms with van der Waals surface area (Å²) in [7, 11) is 1.52. The number of nitrogens with two attached hydrogens (primary N) is 1. The third-order valence-electron chi connectivity index (χ3n) is 2.87. The van der Waals surface area contributed by atoms with Gasteiger partial charge in [-0.3, -0.25) is 4.79 Å². The first-order chi connectivity index (χ1) is 10.1. The molecule has 0 atom stereocenters. The molecule has 2 aromatic rings. The molecule has 1 aromatic heterocycles. The molecule has 0 spiro atoms. The molecule has 8 heteroatoms. The fourth-order valence-corrected chi connectivity index (χ4v) is 2.43. The Morgan fingerprint density at radius 3 is 2.95 bits per heavy atom. The number of H-pyrrole nitrogens is 1. The maximum absolute atomic E-state index is 11.0. The van der Waals surface area contributed by atoms with Crippen molar-refractivity contribution in [2.24, 2.45) is 10.9 Å². The van der Waals surface area contributed by atoms with E-state index in [4.69, 9.17) is 15.7 Å². The Labute approximate surface area is 125 Å². The molecule has 0 aliphatic rings. The van der Waals surface area contributed by atoms with E-state index >= 15 is 0 Å². The first-order valence-corrected chi connectivity index (χ1v) is 7.04. The number of ether oxygens (including phenoxy) is 1. The number of nitrogens with zero attached hydrogens (tertiary/aromatic N) is 1. The van der Waals surface area contributed by atoms with Gasteiger partial charge in [-0.15, -0.1) is 0 Å². The Hall–Kier alpha value is -2.32. The van der Waals surface area contributed by atoms with Gasteiger partial charge in [0.25, 0.3) is 0 Å². The highest BCUT2D eigenvalue weighted by Gasteiger charge is 2.08. The third-order valence-corrected chi connectivity index (χ3v) is 3.58. The molecule has 0 aliphatic carbocycles. The van der Waals surface area contributed by atoms with Crippen molar-refractivity contribution in [2.45, 2.75) is 13.1 Å². The van der Waals surface area contributed by atoms with Crippen molar-refractivity contribution in [3.05, 3.63) is 50.1 Å². The van der Waals surface area contributed by atoms with Crippen LogP contribution in [0.2, 0.25) is 0 Å². The summed E-state index contributed by atoms with van der Waals surface area (Å²) in [6.07, 6.45) is 0. The molecule has 0 aliphatic heterocycles. The van der Waals surface area contributed by atoms with Crippen LogP contribution in [0.15, 0.2) is 33.5 Å². The molecule has 0 bridgehead atoms. The third kappa shape index (κ3) is 3.83. The quantitative estimate of drug-likeness (QED) is 0.273. The summed E-state index contributed by atoms with van der Waals surface area (Å²) in [4.78, 5) is 13.7. The molecule has 5 N–H and O–H groups in total. The molecular formula is C13H16N4O3S. The van der Waals surface area contributed by atoms with Gasteiger partial charge in [-0.1, -0.05) is 22.6 Å². The average molecular weight is 308 g/mol. The standard InChI is InChI=1S/C13H16N4O3S/c1-20-11-4-8(2-3-10(11)12(14)17-19)5-15-6-9-7-21-13(18)16-9/h2-4,7,15,19H,5-6H2,1H3,(H2,14,17)(H,16,18). The lowest BCUT2D eigenvalue weighted by molar-refractivity contribution is 0.318. The summed E-state index contributed by atoms with van der Waals surface area (Å²) in [5, 5.41) is 16.7. The highest BCUT2D eigenvalue weighted by Crippen LogP contribution is 2.20. The average Bonchev–Trinajstić information content (AvgIpc) is 2.91. The van der Waals surface area contributed by atoms with E-state index in [9.17, 15) is 4.79 Å². The number of aromatic amines is 1. The Kier molecular flexibility index (Phi) is 4.96. The summed E-state index contributed by atoms with van der Waals surface area (Å²) in [6, 6.07) is 5.41. The number of hydrogen-bond acceptors (Lipinski definition) is 6. The number of methoxy groups -OCH3 is 1. The van der Waals surface area contributed by atoms with Crippen LogP contribution in [-0.4, -0.2) is 23.1 Å². The Morgan fingerprint density at radius 1 is 1.52 bits per heavy atom. The second-order valence-electron chi connectivity index (χ2n) is 4.30. The zero-order valence-corrected chi connectivity index (χ0v) is 12.2. The van der Waals surface area contributed by atoms with Gasteiger partial charge in [0.15, 0.2) is 5.84 Å². The lowest BCUT2D eigenvalue weighted by Crippen LogP contribution is -2.16. The summed E-state index contributed by atoms with van der Waals surface area (Å²) < 4.78 is 5.23. The van der Waals surface area contributed by atoms with E-state index < -0.39 is 0 Å². The SMILES string of the molecule is COc1cc(CNCc2csc(=O)[nH]2)ccc1/C(N)=N/O. The number of aromatic nitrogens is 1. The normalized spacial score (nSPS) is 11.6. The highest BCUT2D eigenvalue weighted by molar-refractivity contribution is 7.07. The number of rotatable bonds is 6. The van der Waals surface area contributed by atoms with Gasteiger partial charge in [0.2, 0.25) is 0 Å². The van der Waals surface area contributed by atoms with Crippen LogP contribution in [0.5, 0.6) is 5.75 Å². The van der Waals surface area contributed by atoms with Gasteiger partial charge in [0.1, 0.15) is 5.75 Å². The van der Waals surface area contributed by atoms with E-state index in [1.807, 2.05) is 12.1 Å². The van der Waals surface area contributed by atoms with Gasteiger partial charge in [0, 0.05) is 24.2 Å². The lowest BCUT2D eigenvalue weighted by atomic mass is 10.1. The number of benzene rings is 1. The molecule has 0 saturated carbocycles. The van der Waals surface area contributed by atoms with Crippen LogP contribution in [0.4, 0.5) is 0 Å². The van der Waals surface area contributed by atoms with Gasteiger partial charge < -0.3 is 26.0 Å². The van der Waals surface area contributed by atoms with Crippen molar-refractivity contribution in [3.8, 4) is 5.75 Å². The highest BCUT2D eigenvalue weighted by atomic mass is 32.1. The molecule has 0 radical (unpaired) electrons. The Balaban J connectivity index is 2.02. The van der Waals surface area contributed by atoms with E-state index in [1.54, 1.807) is 11.4 Å². The van der Waals surface area contributed by atoms with Gasteiger partial charge >= 0.3 is 4.87 Å². The van der Waals surface area contributed by atoms with Crippen LogP contribution in [0, 0.1) is 0 Å². The molecule has 1 aromatic carbocycles. The van der Waals surface area contributed by atoms with Gasteiger partial charge in [0.05, 0.1) is 12.7 Å². The fourth-order valence-electron chi connectivity index (χ4n) is 1.85. The Morgan fingerprint density at radius 2 is 2.33 bits per heavy atom. The first-order valence-electron chi connectivity index (χ1n) is 6.16. The molecule has 1 heterocycles. The lowest BCUT2D eigenvalue weighted by Gasteiger charge is -2.10. The fraction of sp³-hybridized carbons (Fsp3) is 0.231. The summed E-state index contributed by atoms with van der Waals surface area (Å²) in [6.45, 7) is 1.17. The largest absolute Gasteiger partial charge is 0.496 e. The summed E-state index contributed by atoms with van der Waals surface area (Å²) >= 11 is 1.14. The van der Waals surface area contributed by atoms with Crippen molar-refractivity contribution in [3.63, 3.8) is 0 Å². The van der Waals surface area contributed by atoms with Crippen molar-refractivity contribution < 1.29 is 9.94 Å². The van der Waals surface area contributed by atoms with E-state index in [2.05, 4.69) is 15.5 Å². The minimum absolute atomic E-state index is 0.00204. The maximum atomic E-state index is 11.0. The first kappa shape index (κ1) is 15.1. The van der Waals surface area contributed by atoms with Crippen molar-refractivity contribution in [1.29, 1.82) is 0 Å². The molecular weight excluding hydrogens is 292 g/mol. The summed E-state index contributed by atoms with van der Waals surface area (Å²) in [5.41, 5.74) is 7.94. The van der Waals surface area contributed by atoms with Crippen LogP contribution < -0.4 is 20.7 Å². The number of thiazole rings is 1. The second-order valence-corrected chi connectivity index (χ2v) is 5.14. The van der Waals surface area contributed by atoms with Gasteiger partial charge in [-0.25, -0.2) is 0 Å². The van der Waals surface area contributed by atoms with Crippen molar-refractivity contribution >= 4 is 17.2 Å². The van der Waals surface area contributed by atoms with E-state index in [0.29, 0.717) is 24.4 Å². The number of hydrogen-bond donors (Lipinski definition) is 4. The molecule has 112 valence electrons. The minimum atomic E-state index is -0.0587. The van der Waals surface area contributed by atoms with Crippen LogP contribution in [0.25, 0.3) is 0 Å². The van der Waals surface area contributed by atoms with E-state index in [1.165, 1.54) is 7.11 Å². The van der Waals surface area contributed by atoms with Crippen LogP contribution in [-0.2, 0) is 13.1 Å². The maximum Gasteiger partial charge on any atom is 0.304 e. The second kappa shape index (κ2) is 6.91. The topological polar surface area (TPSA) is 113 Å².